The summed E-state index contributed by atoms with van der Waals surface area (Å²) in [5.41, 5.74) is 13.0. The number of hydrogen-bond donors (Lipinski definition) is 3. The zero-order valence-electron chi connectivity index (χ0n) is 12.0. The summed E-state index contributed by atoms with van der Waals surface area (Å²) in [6, 6.07) is 0. The van der Waals surface area contributed by atoms with Crippen LogP contribution in [-0.4, -0.2) is 36.1 Å². The molecule has 0 saturated carbocycles. The van der Waals surface area contributed by atoms with Gasteiger partial charge in [-0.15, -0.1) is 0 Å². The van der Waals surface area contributed by atoms with Crippen molar-refractivity contribution in [1.82, 2.24) is 15.3 Å². The van der Waals surface area contributed by atoms with E-state index in [2.05, 4.69) is 41.0 Å². The Labute approximate surface area is 114 Å². The van der Waals surface area contributed by atoms with E-state index in [1.54, 1.807) is 0 Å². The highest BCUT2D eigenvalue weighted by molar-refractivity contribution is 5.60. The molecule has 106 valence electrons. The molecule has 1 saturated heterocycles. The van der Waals surface area contributed by atoms with E-state index in [-0.39, 0.29) is 11.4 Å². The second-order valence-electron chi connectivity index (χ2n) is 6.24. The average molecular weight is 264 g/mol. The summed E-state index contributed by atoms with van der Waals surface area (Å²) in [5, 5.41) is 3.33. The smallest absolute Gasteiger partial charge is 0.223 e. The van der Waals surface area contributed by atoms with Gasteiger partial charge in [-0.05, 0) is 11.8 Å². The molecule has 1 aliphatic rings. The summed E-state index contributed by atoms with van der Waals surface area (Å²) < 4.78 is 0. The monoisotopic (exact) mass is 264 g/mol. The van der Waals surface area contributed by atoms with Crippen molar-refractivity contribution < 1.29 is 0 Å². The van der Waals surface area contributed by atoms with Gasteiger partial charge in [0.1, 0.15) is 11.6 Å². The van der Waals surface area contributed by atoms with Gasteiger partial charge < -0.3 is 21.7 Å². The molecule has 6 heteroatoms. The van der Waals surface area contributed by atoms with E-state index >= 15 is 0 Å². The molecule has 0 spiro atoms. The van der Waals surface area contributed by atoms with Crippen LogP contribution in [0.3, 0.4) is 0 Å². The predicted molar refractivity (Wildman–Crippen MR) is 79.1 cm³/mol. The summed E-state index contributed by atoms with van der Waals surface area (Å²) in [6.45, 7) is 10.3. The Morgan fingerprint density at radius 1 is 1.16 bits per heavy atom. The van der Waals surface area contributed by atoms with Gasteiger partial charge in [0.2, 0.25) is 5.95 Å². The quantitative estimate of drug-likeness (QED) is 0.726. The molecule has 2 rings (SSSR count). The van der Waals surface area contributed by atoms with Crippen LogP contribution in [0.1, 0.15) is 26.3 Å². The first-order chi connectivity index (χ1) is 8.87. The first-order valence-electron chi connectivity index (χ1n) is 6.74. The number of anilines is 3. The van der Waals surface area contributed by atoms with E-state index < -0.39 is 0 Å². The van der Waals surface area contributed by atoms with E-state index in [1.165, 1.54) is 0 Å². The number of aromatic nitrogens is 2. The molecule has 0 atom stereocenters. The molecule has 1 fully saturated rings. The summed E-state index contributed by atoms with van der Waals surface area (Å²) in [5.74, 6) is 1.67. The average Bonchev–Trinajstić information content (AvgIpc) is 2.32. The minimum Gasteiger partial charge on any atom is -0.383 e. The summed E-state index contributed by atoms with van der Waals surface area (Å²) in [6.07, 6.45) is 0.846. The Morgan fingerprint density at radius 3 is 2.37 bits per heavy atom. The normalized spacial score (nSPS) is 16.7. The molecule has 1 aromatic rings. The molecular weight excluding hydrogens is 240 g/mol. The molecule has 0 aliphatic carbocycles. The van der Waals surface area contributed by atoms with Gasteiger partial charge in [0, 0.05) is 31.7 Å². The molecule has 0 amide bonds. The third kappa shape index (κ3) is 3.47. The van der Waals surface area contributed by atoms with E-state index in [9.17, 15) is 0 Å². The molecule has 19 heavy (non-hydrogen) atoms. The van der Waals surface area contributed by atoms with E-state index in [0.717, 1.165) is 44.0 Å². The third-order valence-electron chi connectivity index (χ3n) is 3.16. The van der Waals surface area contributed by atoms with Crippen LogP contribution in [0.5, 0.6) is 0 Å². The van der Waals surface area contributed by atoms with Crippen LogP contribution in [0.25, 0.3) is 0 Å². The Bertz CT molecular complexity index is 445. The van der Waals surface area contributed by atoms with Crippen molar-refractivity contribution in [2.75, 3.05) is 42.5 Å². The number of nitrogens with one attached hydrogen (secondary N) is 1. The van der Waals surface area contributed by atoms with Crippen LogP contribution in [0.2, 0.25) is 0 Å². The minimum atomic E-state index is 0.135. The lowest BCUT2D eigenvalue weighted by Crippen LogP contribution is -2.44. The summed E-state index contributed by atoms with van der Waals surface area (Å²) in [7, 11) is 0. The number of rotatable bonds is 2. The van der Waals surface area contributed by atoms with Gasteiger partial charge in [-0.3, -0.25) is 0 Å². The van der Waals surface area contributed by atoms with Gasteiger partial charge in [-0.1, -0.05) is 20.8 Å². The third-order valence-corrected chi connectivity index (χ3v) is 3.16. The van der Waals surface area contributed by atoms with Crippen LogP contribution in [0, 0.1) is 5.41 Å². The lowest BCUT2D eigenvalue weighted by atomic mass is 9.88. The fraction of sp³-hybridized carbons (Fsp3) is 0.692. The number of piperazine rings is 1. The highest BCUT2D eigenvalue weighted by Crippen LogP contribution is 2.30. The van der Waals surface area contributed by atoms with Gasteiger partial charge in [0.25, 0.3) is 0 Å². The van der Waals surface area contributed by atoms with Gasteiger partial charge in [0.05, 0.1) is 0 Å². The van der Waals surface area contributed by atoms with Gasteiger partial charge in [-0.25, -0.2) is 0 Å². The maximum atomic E-state index is 6.06. The van der Waals surface area contributed by atoms with Crippen LogP contribution < -0.4 is 21.7 Å². The van der Waals surface area contributed by atoms with Crippen molar-refractivity contribution in [2.45, 2.75) is 27.2 Å². The Kier molecular flexibility index (Phi) is 3.80. The minimum absolute atomic E-state index is 0.135. The number of hydrogen-bond acceptors (Lipinski definition) is 6. The highest BCUT2D eigenvalue weighted by atomic mass is 15.3. The van der Waals surface area contributed by atoms with Crippen LogP contribution in [0.15, 0.2) is 0 Å². The largest absolute Gasteiger partial charge is 0.383 e. The van der Waals surface area contributed by atoms with E-state index in [4.69, 9.17) is 11.5 Å². The molecule has 0 radical (unpaired) electrons. The molecular formula is C13H24N6. The van der Waals surface area contributed by atoms with Crippen molar-refractivity contribution in [3.8, 4) is 0 Å². The fourth-order valence-corrected chi connectivity index (χ4v) is 2.34. The second kappa shape index (κ2) is 5.21. The lowest BCUT2D eigenvalue weighted by molar-refractivity contribution is 0.410. The Hall–Kier alpha value is -1.56. The van der Waals surface area contributed by atoms with Gasteiger partial charge >= 0.3 is 0 Å². The molecule has 0 aromatic carbocycles. The number of nitrogens with two attached hydrogens (primary N) is 2. The molecule has 2 heterocycles. The lowest BCUT2D eigenvalue weighted by Gasteiger charge is -2.31. The zero-order chi connectivity index (χ0) is 14.0. The van der Waals surface area contributed by atoms with Crippen LogP contribution in [0.4, 0.5) is 17.6 Å². The van der Waals surface area contributed by atoms with Crippen LogP contribution in [-0.2, 0) is 6.42 Å². The first kappa shape index (κ1) is 13.9. The second-order valence-corrected chi connectivity index (χ2v) is 6.24. The fourth-order valence-electron chi connectivity index (χ4n) is 2.34. The van der Waals surface area contributed by atoms with Gasteiger partial charge in [-0.2, -0.15) is 9.97 Å². The first-order valence-corrected chi connectivity index (χ1v) is 6.74. The topological polar surface area (TPSA) is 93.1 Å². The number of nitrogens with zero attached hydrogens (tertiary/aromatic N) is 3. The van der Waals surface area contributed by atoms with Crippen molar-refractivity contribution in [3.63, 3.8) is 0 Å². The summed E-state index contributed by atoms with van der Waals surface area (Å²) >= 11 is 0. The number of nitrogen functional groups attached to an aromatic ring is 2. The summed E-state index contributed by atoms with van der Waals surface area (Å²) in [4.78, 5) is 10.8. The highest BCUT2D eigenvalue weighted by Gasteiger charge is 2.23. The van der Waals surface area contributed by atoms with Crippen molar-refractivity contribution in [2.24, 2.45) is 5.41 Å². The van der Waals surface area contributed by atoms with Gasteiger partial charge in [0.15, 0.2) is 0 Å². The molecule has 1 aliphatic heterocycles. The van der Waals surface area contributed by atoms with Crippen molar-refractivity contribution in [1.29, 1.82) is 0 Å². The molecule has 5 N–H and O–H groups in total. The molecule has 0 bridgehead atoms. The molecule has 1 aromatic heterocycles. The van der Waals surface area contributed by atoms with Crippen molar-refractivity contribution >= 4 is 17.6 Å². The zero-order valence-corrected chi connectivity index (χ0v) is 12.0. The molecule has 6 nitrogen and oxygen atoms in total. The molecule has 0 unspecified atom stereocenters. The van der Waals surface area contributed by atoms with E-state index in [1.807, 2.05) is 0 Å². The maximum Gasteiger partial charge on any atom is 0.223 e. The van der Waals surface area contributed by atoms with Crippen molar-refractivity contribution in [3.05, 3.63) is 5.56 Å². The Morgan fingerprint density at radius 2 is 1.79 bits per heavy atom. The SMILES string of the molecule is CC(C)(C)Cc1c(N)nc(N)nc1N1CCNCC1. The van der Waals surface area contributed by atoms with Crippen LogP contribution >= 0.6 is 0 Å². The standard InChI is InChI=1S/C13H24N6/c1-13(2,3)8-9-10(14)17-12(15)18-11(9)19-6-4-16-5-7-19/h16H,4-8H2,1-3H3,(H4,14,15,17,18). The van der Waals surface area contributed by atoms with E-state index in [0.29, 0.717) is 5.82 Å². The Balaban J connectivity index is 2.38. The maximum absolute atomic E-state index is 6.06. The predicted octanol–water partition coefficient (Wildman–Crippen LogP) is 0.639.